The van der Waals surface area contributed by atoms with Crippen molar-refractivity contribution >= 4 is 16.9 Å². The highest BCUT2D eigenvalue weighted by atomic mass is 32.2. The number of benzene rings is 1. The summed E-state index contributed by atoms with van der Waals surface area (Å²) in [7, 11) is 0. The minimum absolute atomic E-state index is 0.0277. The van der Waals surface area contributed by atoms with E-state index in [1.165, 1.54) is 0 Å². The van der Waals surface area contributed by atoms with Gasteiger partial charge in [-0.25, -0.2) is 4.39 Å². The highest BCUT2D eigenvalue weighted by Gasteiger charge is 2.59. The zero-order valence-corrected chi connectivity index (χ0v) is 12.1. The molecule has 0 fully saturated rings. The van der Waals surface area contributed by atoms with Gasteiger partial charge in [0.2, 0.25) is 5.12 Å². The minimum Gasteiger partial charge on any atom is -0.282 e. The third-order valence-electron chi connectivity index (χ3n) is 2.86. The van der Waals surface area contributed by atoms with Gasteiger partial charge in [-0.3, -0.25) is 4.79 Å². The van der Waals surface area contributed by atoms with Crippen LogP contribution in [0.15, 0.2) is 30.3 Å². The summed E-state index contributed by atoms with van der Waals surface area (Å²) in [6, 6.07) is 8.18. The standard InChI is InChI=1S/C14H15F5OS/c1-10(15)14(18,19)13(16,17)8-5-9-21-12(20)11-6-3-2-4-7-11/h2-4,6-7,10H,5,8-9H2,1H3. The maximum atomic E-state index is 13.2. The Labute approximate surface area is 123 Å². The monoisotopic (exact) mass is 326 g/mol. The molecule has 0 radical (unpaired) electrons. The van der Waals surface area contributed by atoms with Crippen molar-refractivity contribution in [3.8, 4) is 0 Å². The normalized spacial score (nSPS) is 14.0. The van der Waals surface area contributed by atoms with Crippen molar-refractivity contribution < 1.29 is 26.7 Å². The molecule has 1 aromatic rings. The van der Waals surface area contributed by atoms with Crippen LogP contribution in [0.4, 0.5) is 22.0 Å². The molecule has 1 nitrogen and oxygen atoms in total. The Balaban J connectivity index is 2.42. The molecular weight excluding hydrogens is 311 g/mol. The van der Waals surface area contributed by atoms with Crippen LogP contribution in [0.25, 0.3) is 0 Å². The molecule has 0 aliphatic rings. The first-order valence-corrected chi connectivity index (χ1v) is 7.29. The molecule has 0 saturated carbocycles. The predicted molar refractivity (Wildman–Crippen MR) is 72.9 cm³/mol. The summed E-state index contributed by atoms with van der Waals surface area (Å²) < 4.78 is 64.9. The van der Waals surface area contributed by atoms with Crippen LogP contribution in [0, 0.1) is 0 Å². The first-order valence-electron chi connectivity index (χ1n) is 6.30. The number of thioether (sulfide) groups is 1. The smallest absolute Gasteiger partial charge is 0.282 e. The molecule has 0 heterocycles. The molecule has 1 rings (SSSR count). The quantitative estimate of drug-likeness (QED) is 0.520. The number of alkyl halides is 5. The predicted octanol–water partition coefficient (Wildman–Crippen LogP) is 4.97. The zero-order chi connectivity index (χ0) is 16.1. The third kappa shape index (κ3) is 4.69. The van der Waals surface area contributed by atoms with E-state index in [0.29, 0.717) is 12.5 Å². The molecule has 0 bridgehead atoms. The molecule has 7 heteroatoms. The fourth-order valence-corrected chi connectivity index (χ4v) is 2.35. The lowest BCUT2D eigenvalue weighted by Gasteiger charge is -2.27. The van der Waals surface area contributed by atoms with Gasteiger partial charge in [0.15, 0.2) is 6.17 Å². The molecule has 0 aliphatic heterocycles. The summed E-state index contributed by atoms with van der Waals surface area (Å²) in [5.41, 5.74) is 0.414. The third-order valence-corrected chi connectivity index (χ3v) is 3.86. The molecule has 0 saturated heterocycles. The summed E-state index contributed by atoms with van der Waals surface area (Å²) in [4.78, 5) is 11.6. The zero-order valence-electron chi connectivity index (χ0n) is 11.3. The second kappa shape index (κ2) is 7.24. The van der Waals surface area contributed by atoms with Crippen molar-refractivity contribution in [1.82, 2.24) is 0 Å². The molecule has 21 heavy (non-hydrogen) atoms. The van der Waals surface area contributed by atoms with Gasteiger partial charge < -0.3 is 0 Å². The number of hydrogen-bond donors (Lipinski definition) is 0. The Morgan fingerprint density at radius 2 is 1.76 bits per heavy atom. The van der Waals surface area contributed by atoms with E-state index in [1.54, 1.807) is 30.3 Å². The highest BCUT2D eigenvalue weighted by molar-refractivity contribution is 8.14. The van der Waals surface area contributed by atoms with E-state index in [1.807, 2.05) is 0 Å². The fraction of sp³-hybridized carbons (Fsp3) is 0.500. The largest absolute Gasteiger partial charge is 0.340 e. The van der Waals surface area contributed by atoms with Crippen molar-refractivity contribution in [3.63, 3.8) is 0 Å². The van der Waals surface area contributed by atoms with Crippen molar-refractivity contribution in [2.24, 2.45) is 0 Å². The summed E-state index contributed by atoms with van der Waals surface area (Å²) in [5, 5.41) is -0.315. The number of rotatable bonds is 7. The first-order chi connectivity index (χ1) is 9.68. The van der Waals surface area contributed by atoms with E-state index < -0.39 is 24.4 Å². The Morgan fingerprint density at radius 1 is 1.19 bits per heavy atom. The van der Waals surface area contributed by atoms with Crippen LogP contribution in [-0.2, 0) is 0 Å². The van der Waals surface area contributed by atoms with Crippen LogP contribution in [0.1, 0.15) is 30.1 Å². The van der Waals surface area contributed by atoms with Crippen molar-refractivity contribution in [2.45, 2.75) is 37.8 Å². The van der Waals surface area contributed by atoms with E-state index in [4.69, 9.17) is 0 Å². The van der Waals surface area contributed by atoms with Gasteiger partial charge in [-0.2, -0.15) is 17.6 Å². The van der Waals surface area contributed by atoms with Gasteiger partial charge in [-0.05, 0) is 13.3 Å². The fourth-order valence-electron chi connectivity index (χ4n) is 1.57. The molecule has 1 aromatic carbocycles. The van der Waals surface area contributed by atoms with Crippen molar-refractivity contribution in [1.29, 1.82) is 0 Å². The lowest BCUT2D eigenvalue weighted by molar-refractivity contribution is -0.238. The summed E-state index contributed by atoms with van der Waals surface area (Å²) in [5.74, 6) is -9.14. The molecule has 1 unspecified atom stereocenters. The molecule has 118 valence electrons. The van der Waals surface area contributed by atoms with Crippen LogP contribution in [0.3, 0.4) is 0 Å². The number of carbonyl (C=O) groups excluding carboxylic acids is 1. The van der Waals surface area contributed by atoms with Crippen LogP contribution < -0.4 is 0 Å². The molecule has 0 N–H and O–H groups in total. The van der Waals surface area contributed by atoms with Crippen LogP contribution in [0.2, 0.25) is 0 Å². The van der Waals surface area contributed by atoms with Gasteiger partial charge in [-0.15, -0.1) is 0 Å². The van der Waals surface area contributed by atoms with Gasteiger partial charge in [-0.1, -0.05) is 42.1 Å². The van der Waals surface area contributed by atoms with Crippen LogP contribution >= 0.6 is 11.8 Å². The highest BCUT2D eigenvalue weighted by Crippen LogP contribution is 2.41. The Bertz CT molecular complexity index is 462. The minimum atomic E-state index is -4.69. The molecule has 0 spiro atoms. The molecule has 0 aliphatic carbocycles. The maximum absolute atomic E-state index is 13.2. The lowest BCUT2D eigenvalue weighted by Crippen LogP contribution is -2.46. The Hall–Kier alpha value is -1.11. The van der Waals surface area contributed by atoms with Crippen LogP contribution in [-0.4, -0.2) is 28.9 Å². The number of hydrogen-bond acceptors (Lipinski definition) is 2. The van der Waals surface area contributed by atoms with Gasteiger partial charge in [0.1, 0.15) is 0 Å². The molecular formula is C14H15F5OS. The van der Waals surface area contributed by atoms with Gasteiger partial charge in [0.05, 0.1) is 0 Å². The van der Waals surface area contributed by atoms with Crippen LogP contribution in [0.5, 0.6) is 0 Å². The second-order valence-corrected chi connectivity index (χ2v) is 5.62. The van der Waals surface area contributed by atoms with E-state index in [-0.39, 0.29) is 17.3 Å². The number of halogens is 5. The van der Waals surface area contributed by atoms with E-state index >= 15 is 0 Å². The number of carbonyl (C=O) groups is 1. The first kappa shape index (κ1) is 17.9. The SMILES string of the molecule is CC(F)C(F)(F)C(F)(F)CCCSC(=O)c1ccccc1. The van der Waals surface area contributed by atoms with Gasteiger partial charge in [0.25, 0.3) is 0 Å². The topological polar surface area (TPSA) is 17.1 Å². The summed E-state index contributed by atoms with van der Waals surface area (Å²) in [6.07, 6.45) is -4.40. The van der Waals surface area contributed by atoms with Gasteiger partial charge >= 0.3 is 11.8 Å². The molecule has 1 atom stereocenters. The Morgan fingerprint density at radius 3 is 2.29 bits per heavy atom. The Kier molecular flexibility index (Phi) is 6.19. The molecule has 0 aromatic heterocycles. The van der Waals surface area contributed by atoms with Crippen molar-refractivity contribution in [2.75, 3.05) is 5.75 Å². The average Bonchev–Trinajstić information content (AvgIpc) is 2.44. The maximum Gasteiger partial charge on any atom is 0.340 e. The van der Waals surface area contributed by atoms with E-state index in [9.17, 15) is 26.7 Å². The van der Waals surface area contributed by atoms with E-state index in [0.717, 1.165) is 11.8 Å². The summed E-state index contributed by atoms with van der Waals surface area (Å²) in [6.45, 7) is 0.404. The van der Waals surface area contributed by atoms with Crippen molar-refractivity contribution in [3.05, 3.63) is 35.9 Å². The lowest BCUT2D eigenvalue weighted by atomic mass is 10.0. The second-order valence-electron chi connectivity index (χ2n) is 4.55. The average molecular weight is 326 g/mol. The summed E-state index contributed by atoms with van der Waals surface area (Å²) >= 11 is 0.778. The molecule has 0 amide bonds. The van der Waals surface area contributed by atoms with E-state index in [2.05, 4.69) is 0 Å². The van der Waals surface area contributed by atoms with Gasteiger partial charge in [0, 0.05) is 17.7 Å².